The maximum atomic E-state index is 13.6. The second-order valence-corrected chi connectivity index (χ2v) is 6.85. The summed E-state index contributed by atoms with van der Waals surface area (Å²) in [5, 5.41) is 3.35. The molecule has 1 aliphatic rings. The monoisotopic (exact) mass is 405 g/mol. The Balaban J connectivity index is 1.65. The number of halogens is 2. The second-order valence-electron chi connectivity index (χ2n) is 6.42. The summed E-state index contributed by atoms with van der Waals surface area (Å²) in [7, 11) is 1.44. The van der Waals surface area contributed by atoms with Gasteiger partial charge in [0, 0.05) is 36.9 Å². The molecule has 8 heteroatoms. The van der Waals surface area contributed by atoms with Gasteiger partial charge in [-0.25, -0.2) is 9.18 Å². The number of hydrogen-bond donors (Lipinski definition) is 1. The third-order valence-electron chi connectivity index (χ3n) is 4.54. The van der Waals surface area contributed by atoms with Gasteiger partial charge in [-0.15, -0.1) is 0 Å². The minimum absolute atomic E-state index is 0.180. The van der Waals surface area contributed by atoms with Crippen LogP contribution >= 0.6 is 11.6 Å². The van der Waals surface area contributed by atoms with Crippen LogP contribution in [0.4, 0.5) is 14.9 Å². The Kier molecular flexibility index (Phi) is 6.36. The zero-order valence-electron chi connectivity index (χ0n) is 15.5. The maximum Gasteiger partial charge on any atom is 0.321 e. The molecule has 2 aromatic carbocycles. The van der Waals surface area contributed by atoms with Crippen molar-refractivity contribution in [1.82, 2.24) is 9.80 Å². The van der Waals surface area contributed by atoms with E-state index in [0.717, 1.165) is 0 Å². The lowest BCUT2D eigenvalue weighted by Crippen LogP contribution is -2.39. The molecule has 1 heterocycles. The molecule has 2 aromatic rings. The Bertz CT molecular complexity index is 878. The SMILES string of the molecule is COc1ccc(F)cc1C(=O)N1CCCN(C(=O)Nc2cccc(Cl)c2)CC1. The van der Waals surface area contributed by atoms with Crippen molar-refractivity contribution in [3.8, 4) is 5.75 Å². The summed E-state index contributed by atoms with van der Waals surface area (Å²) in [6, 6.07) is 10.5. The molecule has 0 bridgehead atoms. The van der Waals surface area contributed by atoms with E-state index in [2.05, 4.69) is 5.32 Å². The van der Waals surface area contributed by atoms with Gasteiger partial charge in [-0.3, -0.25) is 4.79 Å². The number of carbonyl (C=O) groups excluding carboxylic acids is 2. The molecule has 0 saturated carbocycles. The fraction of sp³-hybridized carbons (Fsp3) is 0.300. The molecule has 1 fully saturated rings. The predicted octanol–water partition coefficient (Wildman–Crippen LogP) is 3.87. The quantitative estimate of drug-likeness (QED) is 0.843. The van der Waals surface area contributed by atoms with E-state index in [1.165, 1.54) is 25.3 Å². The normalized spacial score (nSPS) is 14.4. The molecule has 0 atom stereocenters. The van der Waals surface area contributed by atoms with Gasteiger partial charge in [-0.1, -0.05) is 17.7 Å². The highest BCUT2D eigenvalue weighted by molar-refractivity contribution is 6.30. The van der Waals surface area contributed by atoms with Crippen molar-refractivity contribution in [3.63, 3.8) is 0 Å². The fourth-order valence-electron chi connectivity index (χ4n) is 3.11. The number of methoxy groups -OCH3 is 1. The molecule has 28 heavy (non-hydrogen) atoms. The van der Waals surface area contributed by atoms with Gasteiger partial charge in [0.05, 0.1) is 12.7 Å². The number of benzene rings is 2. The first-order chi connectivity index (χ1) is 13.5. The number of carbonyl (C=O) groups is 2. The van der Waals surface area contributed by atoms with Crippen molar-refractivity contribution in [2.45, 2.75) is 6.42 Å². The molecule has 0 aromatic heterocycles. The average Bonchev–Trinajstić information content (AvgIpc) is 2.94. The van der Waals surface area contributed by atoms with Crippen LogP contribution in [0.25, 0.3) is 0 Å². The van der Waals surface area contributed by atoms with Crippen molar-refractivity contribution in [2.24, 2.45) is 0 Å². The minimum Gasteiger partial charge on any atom is -0.496 e. The molecule has 0 unspecified atom stereocenters. The summed E-state index contributed by atoms with van der Waals surface area (Å²) in [6.07, 6.45) is 0.617. The van der Waals surface area contributed by atoms with E-state index < -0.39 is 5.82 Å². The molecule has 0 spiro atoms. The molecule has 0 aliphatic carbocycles. The zero-order valence-corrected chi connectivity index (χ0v) is 16.2. The summed E-state index contributed by atoms with van der Waals surface area (Å²) in [5.41, 5.74) is 0.790. The Morgan fingerprint density at radius 3 is 2.57 bits per heavy atom. The summed E-state index contributed by atoms with van der Waals surface area (Å²) < 4.78 is 18.8. The number of urea groups is 1. The highest BCUT2D eigenvalue weighted by Crippen LogP contribution is 2.22. The van der Waals surface area contributed by atoms with E-state index in [-0.39, 0.29) is 17.5 Å². The van der Waals surface area contributed by atoms with Crippen LogP contribution in [0.1, 0.15) is 16.8 Å². The molecule has 148 valence electrons. The molecule has 1 N–H and O–H groups in total. The van der Waals surface area contributed by atoms with Crippen LogP contribution in [-0.2, 0) is 0 Å². The molecule has 3 rings (SSSR count). The van der Waals surface area contributed by atoms with Crippen LogP contribution < -0.4 is 10.1 Å². The van der Waals surface area contributed by atoms with Crippen LogP contribution in [0.3, 0.4) is 0 Å². The first kappa shape index (κ1) is 19.9. The molecule has 1 saturated heterocycles. The standard InChI is InChI=1S/C20H21ClFN3O3/c1-28-18-7-6-15(22)13-17(18)19(26)24-8-3-9-25(11-10-24)20(27)23-16-5-2-4-14(21)12-16/h2,4-7,12-13H,3,8-11H2,1H3,(H,23,27). The number of rotatable bonds is 3. The third-order valence-corrected chi connectivity index (χ3v) is 4.77. The van der Waals surface area contributed by atoms with Crippen molar-refractivity contribution in [3.05, 3.63) is 58.9 Å². The number of nitrogens with zero attached hydrogens (tertiary/aromatic N) is 2. The van der Waals surface area contributed by atoms with E-state index in [0.29, 0.717) is 49.1 Å². The van der Waals surface area contributed by atoms with Crippen LogP contribution in [0.5, 0.6) is 5.75 Å². The van der Waals surface area contributed by atoms with Crippen molar-refractivity contribution < 1.29 is 18.7 Å². The van der Waals surface area contributed by atoms with Gasteiger partial charge >= 0.3 is 6.03 Å². The number of ether oxygens (including phenoxy) is 1. The molecule has 0 radical (unpaired) electrons. The van der Waals surface area contributed by atoms with Crippen LogP contribution in [0, 0.1) is 5.82 Å². The van der Waals surface area contributed by atoms with Gasteiger partial charge in [-0.05, 0) is 42.8 Å². The van der Waals surface area contributed by atoms with Crippen LogP contribution in [0.15, 0.2) is 42.5 Å². The summed E-state index contributed by atoms with van der Waals surface area (Å²) >= 11 is 5.94. The lowest BCUT2D eigenvalue weighted by atomic mass is 10.1. The van der Waals surface area contributed by atoms with Crippen molar-refractivity contribution in [1.29, 1.82) is 0 Å². The summed E-state index contributed by atoms with van der Waals surface area (Å²) in [5.74, 6) is -0.485. The number of hydrogen-bond acceptors (Lipinski definition) is 3. The van der Waals surface area contributed by atoms with Gasteiger partial charge in [0.1, 0.15) is 11.6 Å². The third kappa shape index (κ3) is 4.72. The highest BCUT2D eigenvalue weighted by atomic mass is 35.5. The molecule has 6 nitrogen and oxygen atoms in total. The second kappa shape index (κ2) is 8.93. The maximum absolute atomic E-state index is 13.6. The summed E-state index contributed by atoms with van der Waals surface area (Å²) in [4.78, 5) is 28.6. The number of anilines is 1. The van der Waals surface area contributed by atoms with E-state index in [4.69, 9.17) is 16.3 Å². The first-order valence-corrected chi connectivity index (χ1v) is 9.30. The first-order valence-electron chi connectivity index (χ1n) is 8.92. The minimum atomic E-state index is -0.499. The number of amides is 3. The van der Waals surface area contributed by atoms with Crippen molar-refractivity contribution in [2.75, 3.05) is 38.6 Å². The number of nitrogens with one attached hydrogen (secondary N) is 1. The van der Waals surface area contributed by atoms with Crippen molar-refractivity contribution >= 4 is 29.2 Å². The lowest BCUT2D eigenvalue weighted by molar-refractivity contribution is 0.0758. The smallest absolute Gasteiger partial charge is 0.321 e. The fourth-order valence-corrected chi connectivity index (χ4v) is 3.30. The summed E-state index contributed by atoms with van der Waals surface area (Å²) in [6.45, 7) is 1.70. The van der Waals surface area contributed by atoms with E-state index in [1.54, 1.807) is 34.1 Å². The topological polar surface area (TPSA) is 61.9 Å². The van der Waals surface area contributed by atoms with Gasteiger partial charge < -0.3 is 19.9 Å². The Morgan fingerprint density at radius 1 is 1.07 bits per heavy atom. The van der Waals surface area contributed by atoms with Crippen LogP contribution in [0.2, 0.25) is 5.02 Å². The lowest BCUT2D eigenvalue weighted by Gasteiger charge is -2.23. The molecular weight excluding hydrogens is 385 g/mol. The largest absolute Gasteiger partial charge is 0.496 e. The Labute approximate surface area is 167 Å². The zero-order chi connectivity index (χ0) is 20.1. The van der Waals surface area contributed by atoms with E-state index in [1.807, 2.05) is 0 Å². The van der Waals surface area contributed by atoms with E-state index >= 15 is 0 Å². The predicted molar refractivity (Wildman–Crippen MR) is 106 cm³/mol. The molecule has 3 amide bonds. The molecule has 1 aliphatic heterocycles. The molecular formula is C20H21ClFN3O3. The van der Waals surface area contributed by atoms with Gasteiger partial charge in [-0.2, -0.15) is 0 Å². The average molecular weight is 406 g/mol. The van der Waals surface area contributed by atoms with Gasteiger partial charge in [0.25, 0.3) is 5.91 Å². The Morgan fingerprint density at radius 2 is 1.82 bits per heavy atom. The van der Waals surface area contributed by atoms with E-state index in [9.17, 15) is 14.0 Å². The van der Waals surface area contributed by atoms with Gasteiger partial charge in [0.2, 0.25) is 0 Å². The highest BCUT2D eigenvalue weighted by Gasteiger charge is 2.25. The van der Waals surface area contributed by atoms with Crippen LogP contribution in [-0.4, -0.2) is 55.0 Å². The Hall–Kier alpha value is -2.80. The van der Waals surface area contributed by atoms with Gasteiger partial charge in [0.15, 0.2) is 0 Å².